The summed E-state index contributed by atoms with van der Waals surface area (Å²) in [6.07, 6.45) is 14.6. The Bertz CT molecular complexity index is 700. The molecule has 0 aromatic rings. The lowest BCUT2D eigenvalue weighted by Gasteiger charge is -2.58. The molecule has 4 rings (SSSR count). The predicted octanol–water partition coefficient (Wildman–Crippen LogP) is 7.39. The van der Waals surface area contributed by atoms with E-state index in [9.17, 15) is 10.2 Å². The van der Waals surface area contributed by atoms with Gasteiger partial charge in [0, 0.05) is 0 Å². The number of aliphatic hydroxyl groups excluding tert-OH is 2. The van der Waals surface area contributed by atoms with Crippen LogP contribution in [0.1, 0.15) is 113 Å². The quantitative estimate of drug-likeness (QED) is 0.419. The van der Waals surface area contributed by atoms with Gasteiger partial charge in [-0.3, -0.25) is 0 Å². The molecule has 0 amide bonds. The van der Waals surface area contributed by atoms with E-state index in [2.05, 4.69) is 47.6 Å². The van der Waals surface area contributed by atoms with Gasteiger partial charge in [0.2, 0.25) is 0 Å². The van der Waals surface area contributed by atoms with E-state index >= 15 is 0 Å². The first-order chi connectivity index (χ1) is 14.9. The van der Waals surface area contributed by atoms with Gasteiger partial charge in [-0.15, -0.1) is 0 Å². The molecule has 4 aliphatic carbocycles. The highest BCUT2D eigenvalue weighted by molar-refractivity contribution is 5.25. The molecule has 2 nitrogen and oxygen atoms in total. The van der Waals surface area contributed by atoms with Gasteiger partial charge in [-0.2, -0.15) is 0 Å². The third kappa shape index (κ3) is 3.84. The van der Waals surface area contributed by atoms with Gasteiger partial charge in [-0.1, -0.05) is 53.2 Å². The summed E-state index contributed by atoms with van der Waals surface area (Å²) in [7, 11) is 0. The van der Waals surface area contributed by atoms with Crippen LogP contribution in [0.2, 0.25) is 0 Å². The average Bonchev–Trinajstić information content (AvgIpc) is 3.09. The Balaban J connectivity index is 1.48. The Morgan fingerprint density at radius 2 is 1.75 bits per heavy atom. The number of allylic oxidation sites excluding steroid dienone is 1. The number of rotatable bonds is 6. The summed E-state index contributed by atoms with van der Waals surface area (Å²) in [6.45, 7) is 16.6. The van der Waals surface area contributed by atoms with Crippen molar-refractivity contribution in [3.8, 4) is 0 Å². The first kappa shape index (κ1) is 24.8. The number of hydrogen-bond acceptors (Lipinski definition) is 2. The molecule has 0 aromatic carbocycles. The van der Waals surface area contributed by atoms with E-state index in [4.69, 9.17) is 0 Å². The van der Waals surface area contributed by atoms with E-state index < -0.39 is 0 Å². The van der Waals surface area contributed by atoms with Crippen molar-refractivity contribution in [1.82, 2.24) is 0 Å². The molecule has 0 heterocycles. The predicted molar refractivity (Wildman–Crippen MR) is 134 cm³/mol. The molecule has 10 atom stereocenters. The largest absolute Gasteiger partial charge is 0.393 e. The third-order valence-corrected chi connectivity index (χ3v) is 12.2. The maximum atomic E-state index is 10.5. The lowest BCUT2D eigenvalue weighted by atomic mass is 9.47. The maximum Gasteiger partial charge on any atom is 0.0577 e. The Labute approximate surface area is 198 Å². The molecule has 2 heteroatoms. The molecular formula is C30H52O2. The van der Waals surface area contributed by atoms with Crippen LogP contribution in [-0.4, -0.2) is 22.4 Å². The van der Waals surface area contributed by atoms with Gasteiger partial charge in [0.25, 0.3) is 0 Å². The van der Waals surface area contributed by atoms with Gasteiger partial charge in [-0.05, 0) is 123 Å². The van der Waals surface area contributed by atoms with E-state index in [-0.39, 0.29) is 17.6 Å². The fourth-order valence-corrected chi connectivity index (χ4v) is 9.34. The molecule has 3 saturated carbocycles. The molecule has 10 unspecified atom stereocenters. The van der Waals surface area contributed by atoms with Crippen LogP contribution in [0.3, 0.4) is 0 Å². The first-order valence-corrected chi connectivity index (χ1v) is 14.0. The van der Waals surface area contributed by atoms with Crippen molar-refractivity contribution in [3.63, 3.8) is 0 Å². The second-order valence-electron chi connectivity index (χ2n) is 13.7. The minimum Gasteiger partial charge on any atom is -0.393 e. The summed E-state index contributed by atoms with van der Waals surface area (Å²) < 4.78 is 0. The van der Waals surface area contributed by atoms with Crippen molar-refractivity contribution in [2.75, 3.05) is 0 Å². The molecule has 0 spiro atoms. The Morgan fingerprint density at radius 3 is 2.41 bits per heavy atom. The zero-order valence-corrected chi connectivity index (χ0v) is 22.2. The van der Waals surface area contributed by atoms with E-state index in [1.54, 1.807) is 5.57 Å². The van der Waals surface area contributed by atoms with E-state index in [1.165, 1.54) is 44.9 Å². The number of fused-ring (bicyclic) bond motifs is 5. The molecule has 184 valence electrons. The van der Waals surface area contributed by atoms with Crippen molar-refractivity contribution in [1.29, 1.82) is 0 Å². The second-order valence-corrected chi connectivity index (χ2v) is 13.7. The van der Waals surface area contributed by atoms with Crippen LogP contribution in [0.25, 0.3) is 0 Å². The molecule has 4 aliphatic rings. The van der Waals surface area contributed by atoms with Gasteiger partial charge in [-0.25, -0.2) is 0 Å². The summed E-state index contributed by atoms with van der Waals surface area (Å²) in [5.74, 6) is 4.66. The second kappa shape index (κ2) is 8.71. The fourth-order valence-electron chi connectivity index (χ4n) is 9.34. The summed E-state index contributed by atoms with van der Waals surface area (Å²) in [4.78, 5) is 0. The van der Waals surface area contributed by atoms with E-state index in [1.807, 2.05) is 6.92 Å². The zero-order chi connectivity index (χ0) is 23.5. The fraction of sp³-hybridized carbons (Fsp3) is 0.933. The standard InChI is InChI=1S/C30H52O2/c1-19(2)28(5,21(4)31)15-12-20(3)25-10-11-26-24-9-8-22-18-23(32)13-16-29(22,6)27(24)14-17-30(25,26)7/h8,19-21,23-27,31-32H,9-18H2,1-7H3. The number of hydrogen-bond donors (Lipinski definition) is 2. The van der Waals surface area contributed by atoms with E-state index in [0.717, 1.165) is 48.9 Å². The van der Waals surface area contributed by atoms with Gasteiger partial charge < -0.3 is 10.2 Å². The van der Waals surface area contributed by atoms with Gasteiger partial charge in [0.15, 0.2) is 0 Å². The van der Waals surface area contributed by atoms with Crippen molar-refractivity contribution in [2.45, 2.75) is 125 Å². The van der Waals surface area contributed by atoms with Crippen molar-refractivity contribution in [2.24, 2.45) is 51.8 Å². The summed E-state index contributed by atoms with van der Waals surface area (Å²) >= 11 is 0. The zero-order valence-electron chi connectivity index (χ0n) is 22.2. The Hall–Kier alpha value is -0.340. The minimum absolute atomic E-state index is 0.0233. The third-order valence-electron chi connectivity index (χ3n) is 12.2. The molecule has 2 N–H and O–H groups in total. The van der Waals surface area contributed by atoms with Crippen LogP contribution < -0.4 is 0 Å². The molecular weight excluding hydrogens is 392 g/mol. The summed E-state index contributed by atoms with van der Waals surface area (Å²) in [5, 5.41) is 20.8. The molecule has 32 heavy (non-hydrogen) atoms. The first-order valence-electron chi connectivity index (χ1n) is 14.0. The molecule has 0 radical (unpaired) electrons. The minimum atomic E-state index is -0.241. The topological polar surface area (TPSA) is 40.5 Å². The van der Waals surface area contributed by atoms with Crippen molar-refractivity contribution in [3.05, 3.63) is 11.6 Å². The van der Waals surface area contributed by atoms with Crippen molar-refractivity contribution < 1.29 is 10.2 Å². The van der Waals surface area contributed by atoms with Gasteiger partial charge in [0.05, 0.1) is 12.2 Å². The maximum absolute atomic E-state index is 10.5. The average molecular weight is 445 g/mol. The molecule has 3 fully saturated rings. The summed E-state index contributed by atoms with van der Waals surface area (Å²) in [6, 6.07) is 0. The smallest absolute Gasteiger partial charge is 0.0577 e. The highest BCUT2D eigenvalue weighted by Crippen LogP contribution is 2.67. The van der Waals surface area contributed by atoms with Crippen LogP contribution in [0.15, 0.2) is 11.6 Å². The lowest BCUT2D eigenvalue weighted by molar-refractivity contribution is -0.0594. The summed E-state index contributed by atoms with van der Waals surface area (Å²) in [5.41, 5.74) is 2.46. The molecule has 0 saturated heterocycles. The normalized spacial score (nSPS) is 45.3. The molecule has 0 aliphatic heterocycles. The van der Waals surface area contributed by atoms with Gasteiger partial charge in [0.1, 0.15) is 0 Å². The molecule has 0 aromatic heterocycles. The molecule has 0 bridgehead atoms. The SMILES string of the molecule is CC(CCC(C)(C(C)C)C(C)O)C1CCC2C3CC=C4CC(O)CCC4(C)C3CCC12C. The van der Waals surface area contributed by atoms with E-state index in [0.29, 0.717) is 16.7 Å². The van der Waals surface area contributed by atoms with Crippen LogP contribution >= 0.6 is 0 Å². The van der Waals surface area contributed by atoms with Crippen LogP contribution in [-0.2, 0) is 0 Å². The highest BCUT2D eigenvalue weighted by atomic mass is 16.3. The van der Waals surface area contributed by atoms with Crippen LogP contribution in [0.4, 0.5) is 0 Å². The van der Waals surface area contributed by atoms with Crippen LogP contribution in [0.5, 0.6) is 0 Å². The van der Waals surface area contributed by atoms with Crippen LogP contribution in [0, 0.1) is 51.8 Å². The lowest BCUT2D eigenvalue weighted by Crippen LogP contribution is -2.50. The van der Waals surface area contributed by atoms with Gasteiger partial charge >= 0.3 is 0 Å². The number of aliphatic hydroxyl groups is 2. The Kier molecular flexibility index (Phi) is 6.74. The Morgan fingerprint density at radius 1 is 1.03 bits per heavy atom. The monoisotopic (exact) mass is 444 g/mol. The highest BCUT2D eigenvalue weighted by Gasteiger charge is 2.59. The van der Waals surface area contributed by atoms with Crippen molar-refractivity contribution >= 4 is 0 Å².